The molecule has 0 bridgehead atoms. The Labute approximate surface area is 184 Å². The summed E-state index contributed by atoms with van der Waals surface area (Å²) in [7, 11) is 0. The van der Waals surface area contributed by atoms with Gasteiger partial charge in [0, 0.05) is 35.5 Å². The van der Waals surface area contributed by atoms with Crippen molar-refractivity contribution >= 4 is 34.1 Å². The molecule has 1 saturated heterocycles. The van der Waals surface area contributed by atoms with Crippen LogP contribution in [0.3, 0.4) is 0 Å². The van der Waals surface area contributed by atoms with Crippen LogP contribution in [0.1, 0.15) is 18.4 Å². The number of anilines is 3. The Morgan fingerprint density at radius 3 is 2.66 bits per heavy atom. The van der Waals surface area contributed by atoms with Crippen molar-refractivity contribution in [2.45, 2.75) is 19.8 Å². The molecule has 5 rings (SSSR count). The zero-order chi connectivity index (χ0) is 22.7. The SMILES string of the molecule is C1CCNC1.Cc1c(-c2cc3cc(NC(=O)O)ncc3c(N)c2F)cnc2c1NCCO2. The minimum absolute atomic E-state index is 0.0572. The predicted molar refractivity (Wildman–Crippen MR) is 122 cm³/mol. The van der Waals surface area contributed by atoms with E-state index in [0.29, 0.717) is 35.4 Å². The van der Waals surface area contributed by atoms with Crippen molar-refractivity contribution < 1.29 is 19.0 Å². The number of nitrogens with two attached hydrogens (primary N) is 1. The summed E-state index contributed by atoms with van der Waals surface area (Å²) >= 11 is 0. The molecule has 3 aromatic rings. The summed E-state index contributed by atoms with van der Waals surface area (Å²) < 4.78 is 20.5. The molecule has 1 aromatic carbocycles. The number of benzene rings is 1. The number of fused-ring (bicyclic) bond motifs is 2. The van der Waals surface area contributed by atoms with Crippen LogP contribution < -0.4 is 26.4 Å². The van der Waals surface area contributed by atoms with Gasteiger partial charge < -0.3 is 26.2 Å². The van der Waals surface area contributed by atoms with Crippen LogP contribution >= 0.6 is 0 Å². The minimum Gasteiger partial charge on any atom is -0.474 e. The third-order valence-electron chi connectivity index (χ3n) is 5.43. The number of hydrogen-bond donors (Lipinski definition) is 5. The van der Waals surface area contributed by atoms with E-state index in [1.54, 1.807) is 12.3 Å². The first kappa shape index (κ1) is 21.6. The molecule has 9 nitrogen and oxygen atoms in total. The summed E-state index contributed by atoms with van der Waals surface area (Å²) in [5.74, 6) is 0.0287. The number of nitrogens with one attached hydrogen (secondary N) is 3. The van der Waals surface area contributed by atoms with Crippen molar-refractivity contribution in [1.29, 1.82) is 0 Å². The Kier molecular flexibility index (Phi) is 6.22. The van der Waals surface area contributed by atoms with E-state index in [1.165, 1.54) is 38.2 Å². The third kappa shape index (κ3) is 4.35. The Morgan fingerprint density at radius 1 is 1.19 bits per heavy atom. The summed E-state index contributed by atoms with van der Waals surface area (Å²) in [6.45, 7) is 5.50. The lowest BCUT2D eigenvalue weighted by atomic mass is 9.97. The number of carboxylic acid groups (broad SMARTS) is 1. The molecule has 2 aromatic heterocycles. The molecule has 0 radical (unpaired) electrons. The van der Waals surface area contributed by atoms with Gasteiger partial charge in [0.05, 0.1) is 5.69 Å². The van der Waals surface area contributed by atoms with Gasteiger partial charge >= 0.3 is 6.09 Å². The highest BCUT2D eigenvalue weighted by Gasteiger charge is 2.21. The van der Waals surface area contributed by atoms with Gasteiger partial charge in [0.2, 0.25) is 5.88 Å². The number of carbonyl (C=O) groups is 1. The average molecular weight is 440 g/mol. The number of aromatic nitrogens is 2. The molecule has 0 unspecified atom stereocenters. The fraction of sp³-hybridized carbons (Fsp3) is 0.318. The summed E-state index contributed by atoms with van der Waals surface area (Å²) in [4.78, 5) is 19.1. The first-order chi connectivity index (χ1) is 15.5. The van der Waals surface area contributed by atoms with Crippen molar-refractivity contribution in [3.05, 3.63) is 35.9 Å². The zero-order valence-corrected chi connectivity index (χ0v) is 17.7. The Hall–Kier alpha value is -3.66. The van der Waals surface area contributed by atoms with Gasteiger partial charge in [-0.25, -0.2) is 19.2 Å². The maximum absolute atomic E-state index is 15.0. The molecule has 6 N–H and O–H groups in total. The largest absolute Gasteiger partial charge is 0.474 e. The second kappa shape index (κ2) is 9.23. The maximum atomic E-state index is 15.0. The van der Waals surface area contributed by atoms with Gasteiger partial charge in [0.25, 0.3) is 0 Å². The molecule has 1 amide bonds. The van der Waals surface area contributed by atoms with E-state index in [0.717, 1.165) is 11.3 Å². The van der Waals surface area contributed by atoms with E-state index in [9.17, 15) is 9.18 Å². The maximum Gasteiger partial charge on any atom is 0.410 e. The van der Waals surface area contributed by atoms with Crippen molar-refractivity contribution in [2.24, 2.45) is 0 Å². The third-order valence-corrected chi connectivity index (χ3v) is 5.43. The molecule has 0 spiro atoms. The molecular weight excluding hydrogens is 415 g/mol. The first-order valence-electron chi connectivity index (χ1n) is 10.4. The summed E-state index contributed by atoms with van der Waals surface area (Å²) in [6.07, 6.45) is 4.43. The lowest BCUT2D eigenvalue weighted by molar-refractivity contribution is 0.209. The number of halogens is 1. The van der Waals surface area contributed by atoms with Crippen molar-refractivity contribution in [3.8, 4) is 17.0 Å². The van der Waals surface area contributed by atoms with Crippen LogP contribution in [0.2, 0.25) is 0 Å². The molecule has 1 fully saturated rings. The van der Waals surface area contributed by atoms with Gasteiger partial charge in [-0.1, -0.05) is 0 Å². The van der Waals surface area contributed by atoms with Gasteiger partial charge in [0.15, 0.2) is 5.82 Å². The number of nitrogens with zero attached hydrogens (tertiary/aromatic N) is 2. The summed E-state index contributed by atoms with van der Waals surface area (Å²) in [5, 5.41) is 18.4. The lowest BCUT2D eigenvalue weighted by Gasteiger charge is -2.22. The van der Waals surface area contributed by atoms with E-state index >= 15 is 0 Å². The minimum atomic E-state index is -1.24. The second-order valence-corrected chi connectivity index (χ2v) is 7.58. The van der Waals surface area contributed by atoms with E-state index in [-0.39, 0.29) is 17.1 Å². The molecular formula is C22H25FN6O3. The fourth-order valence-corrected chi connectivity index (χ4v) is 3.79. The van der Waals surface area contributed by atoms with E-state index in [2.05, 4.69) is 25.9 Å². The summed E-state index contributed by atoms with van der Waals surface area (Å²) in [5.41, 5.74) is 8.28. The number of amides is 1. The quantitative estimate of drug-likeness (QED) is 0.382. The van der Waals surface area contributed by atoms with Gasteiger partial charge in [-0.15, -0.1) is 0 Å². The van der Waals surface area contributed by atoms with Crippen molar-refractivity contribution in [1.82, 2.24) is 15.3 Å². The van der Waals surface area contributed by atoms with Crippen LogP contribution in [0.5, 0.6) is 5.88 Å². The van der Waals surface area contributed by atoms with E-state index in [4.69, 9.17) is 15.6 Å². The summed E-state index contributed by atoms with van der Waals surface area (Å²) in [6, 6.07) is 3.11. The predicted octanol–water partition coefficient (Wildman–Crippen LogP) is 3.59. The number of pyridine rings is 2. The molecule has 0 aliphatic carbocycles. The lowest BCUT2D eigenvalue weighted by Crippen LogP contribution is -2.20. The van der Waals surface area contributed by atoms with Crippen LogP contribution in [-0.2, 0) is 0 Å². The molecule has 4 heterocycles. The number of ether oxygens (including phenoxy) is 1. The molecule has 10 heteroatoms. The van der Waals surface area contributed by atoms with Gasteiger partial charge in [-0.2, -0.15) is 0 Å². The number of hydrogen-bond acceptors (Lipinski definition) is 7. The zero-order valence-electron chi connectivity index (χ0n) is 17.7. The second-order valence-electron chi connectivity index (χ2n) is 7.58. The van der Waals surface area contributed by atoms with Crippen LogP contribution in [0, 0.1) is 12.7 Å². The van der Waals surface area contributed by atoms with Crippen LogP contribution in [0.15, 0.2) is 24.5 Å². The normalized spacial score (nSPS) is 14.6. The number of rotatable bonds is 2. The Bertz CT molecular complexity index is 1160. The Balaban J connectivity index is 0.000000433. The van der Waals surface area contributed by atoms with Crippen LogP contribution in [0.4, 0.5) is 26.4 Å². The highest BCUT2D eigenvalue weighted by Crippen LogP contribution is 2.39. The topological polar surface area (TPSA) is 134 Å². The van der Waals surface area contributed by atoms with Gasteiger partial charge in [-0.05, 0) is 55.9 Å². The monoisotopic (exact) mass is 440 g/mol. The first-order valence-corrected chi connectivity index (χ1v) is 10.4. The van der Waals surface area contributed by atoms with Crippen molar-refractivity contribution in [2.75, 3.05) is 42.6 Å². The average Bonchev–Trinajstić information content (AvgIpc) is 3.37. The molecule has 168 valence electrons. The molecule has 0 atom stereocenters. The van der Waals surface area contributed by atoms with Crippen molar-refractivity contribution in [3.63, 3.8) is 0 Å². The van der Waals surface area contributed by atoms with Crippen LogP contribution in [-0.4, -0.2) is 47.4 Å². The van der Waals surface area contributed by atoms with Gasteiger partial charge in [0.1, 0.15) is 18.1 Å². The standard InChI is InChI=1S/C18H16FN5O3.C4H9N/c1-8-11(6-23-17-16(8)21-2-3-27-17)10-4-9-5-13(24-18(25)26)22-7-12(9)15(20)14(10)19;1-2-4-5-3-1/h4-7,21H,2-3,20H2,1H3,(H,22,24)(H,25,26);5H,1-4H2. The fourth-order valence-electron chi connectivity index (χ4n) is 3.79. The van der Waals surface area contributed by atoms with Gasteiger partial charge in [-0.3, -0.25) is 5.32 Å². The van der Waals surface area contributed by atoms with E-state index < -0.39 is 11.9 Å². The number of nitrogen functional groups attached to an aromatic ring is 1. The molecule has 2 aliphatic rings. The smallest absolute Gasteiger partial charge is 0.410 e. The Morgan fingerprint density at radius 2 is 1.97 bits per heavy atom. The van der Waals surface area contributed by atoms with E-state index in [1.807, 2.05) is 6.92 Å². The highest BCUT2D eigenvalue weighted by atomic mass is 19.1. The molecule has 32 heavy (non-hydrogen) atoms. The highest BCUT2D eigenvalue weighted by molar-refractivity contribution is 5.99. The van der Waals surface area contributed by atoms with Crippen LogP contribution in [0.25, 0.3) is 21.9 Å². The molecule has 2 aliphatic heterocycles. The molecule has 0 saturated carbocycles.